The van der Waals surface area contributed by atoms with E-state index in [2.05, 4.69) is 5.92 Å². The average molecular weight is 426 g/mol. The maximum atomic E-state index is 13.7. The molecule has 0 bridgehead atoms. The summed E-state index contributed by atoms with van der Waals surface area (Å²) in [6.45, 7) is 2.25. The highest BCUT2D eigenvalue weighted by molar-refractivity contribution is 7.90. The predicted octanol–water partition coefficient (Wildman–Crippen LogP) is 4.18. The van der Waals surface area contributed by atoms with E-state index in [0.717, 1.165) is 0 Å². The van der Waals surface area contributed by atoms with E-state index in [9.17, 15) is 8.42 Å². The van der Waals surface area contributed by atoms with Gasteiger partial charge >= 0.3 is 0 Å². The molecule has 1 aromatic heterocycles. The molecule has 0 saturated heterocycles. The van der Waals surface area contributed by atoms with Crippen molar-refractivity contribution in [3.63, 3.8) is 0 Å². The second-order valence-corrected chi connectivity index (χ2v) is 8.06. The van der Waals surface area contributed by atoms with E-state index in [1.165, 1.54) is 17.3 Å². The molecule has 0 aliphatic heterocycles. The van der Waals surface area contributed by atoms with Gasteiger partial charge in [-0.1, -0.05) is 42.3 Å². The van der Waals surface area contributed by atoms with Gasteiger partial charge in [0, 0.05) is 18.1 Å². The van der Waals surface area contributed by atoms with Crippen LogP contribution in [0.5, 0.6) is 0 Å². The number of para-hydroxylation sites is 1. The Labute approximate surface area is 176 Å². The molecular formula is C23H23NO5S. The van der Waals surface area contributed by atoms with E-state index in [0.29, 0.717) is 28.8 Å². The van der Waals surface area contributed by atoms with E-state index in [4.69, 9.17) is 20.6 Å². The number of fused-ring (bicyclic) bond motifs is 1. The average Bonchev–Trinajstić information content (AvgIpc) is 3.10. The molecule has 0 saturated carbocycles. The van der Waals surface area contributed by atoms with Crippen LogP contribution < -0.4 is 0 Å². The Morgan fingerprint density at radius 2 is 1.83 bits per heavy atom. The van der Waals surface area contributed by atoms with E-state index < -0.39 is 16.1 Å². The summed E-state index contributed by atoms with van der Waals surface area (Å²) in [5.74, 6) is 2.55. The predicted molar refractivity (Wildman–Crippen MR) is 116 cm³/mol. The molecule has 1 heterocycles. The largest absolute Gasteiger partial charge is 0.501 e. The summed E-state index contributed by atoms with van der Waals surface area (Å²) in [6.07, 6.45) is 8.02. The van der Waals surface area contributed by atoms with Crippen LogP contribution >= 0.6 is 0 Å². The first-order valence-electron chi connectivity index (χ1n) is 9.35. The Hall–Kier alpha value is -3.05. The summed E-state index contributed by atoms with van der Waals surface area (Å²) < 4.78 is 44.6. The minimum absolute atomic E-state index is 0.0869. The van der Waals surface area contributed by atoms with Gasteiger partial charge in [0.15, 0.2) is 6.10 Å². The van der Waals surface area contributed by atoms with E-state index in [1.807, 2.05) is 19.1 Å². The molecule has 0 aliphatic rings. The lowest BCUT2D eigenvalue weighted by Crippen LogP contribution is -2.19. The molecule has 1 unspecified atom stereocenters. The summed E-state index contributed by atoms with van der Waals surface area (Å²) >= 11 is 0. The van der Waals surface area contributed by atoms with Gasteiger partial charge in [-0.15, -0.1) is 6.42 Å². The Kier molecular flexibility index (Phi) is 6.95. The van der Waals surface area contributed by atoms with Crippen LogP contribution in [0.25, 0.3) is 17.0 Å². The van der Waals surface area contributed by atoms with Crippen molar-refractivity contribution in [1.82, 2.24) is 3.97 Å². The molecule has 0 spiro atoms. The molecule has 6 nitrogen and oxygen atoms in total. The molecule has 0 fully saturated rings. The topological polar surface area (TPSA) is 66.8 Å². The summed E-state index contributed by atoms with van der Waals surface area (Å²) in [5.41, 5.74) is 1.42. The van der Waals surface area contributed by atoms with Gasteiger partial charge in [0.05, 0.1) is 29.0 Å². The van der Waals surface area contributed by atoms with Gasteiger partial charge in [0.2, 0.25) is 0 Å². The molecule has 1 atom stereocenters. The highest BCUT2D eigenvalue weighted by atomic mass is 32.2. The quantitative estimate of drug-likeness (QED) is 0.292. The van der Waals surface area contributed by atoms with Crippen LogP contribution in [0.3, 0.4) is 0 Å². The second-order valence-electron chi connectivity index (χ2n) is 6.28. The van der Waals surface area contributed by atoms with Crippen molar-refractivity contribution in [2.75, 3.05) is 20.5 Å². The van der Waals surface area contributed by atoms with Crippen LogP contribution in [0.15, 0.2) is 65.8 Å². The third-order valence-corrected chi connectivity index (χ3v) is 6.18. The van der Waals surface area contributed by atoms with Crippen LogP contribution in [-0.2, 0) is 24.2 Å². The summed E-state index contributed by atoms with van der Waals surface area (Å²) in [4.78, 5) is 0.148. The number of rotatable bonds is 9. The number of aromatic nitrogens is 1. The molecule has 0 N–H and O–H groups in total. The van der Waals surface area contributed by atoms with Crippen LogP contribution in [0.4, 0.5) is 0 Å². The number of terminal acetylenes is 1. The molecule has 3 rings (SSSR count). The second kappa shape index (κ2) is 9.63. The van der Waals surface area contributed by atoms with Crippen molar-refractivity contribution in [1.29, 1.82) is 0 Å². The normalized spacial score (nSPS) is 12.8. The highest BCUT2D eigenvalue weighted by Gasteiger charge is 2.30. The minimum atomic E-state index is -3.96. The molecule has 7 heteroatoms. The summed E-state index contributed by atoms with van der Waals surface area (Å²) in [5, 5.41) is 0.712. The van der Waals surface area contributed by atoms with Gasteiger partial charge in [-0.25, -0.2) is 12.4 Å². The maximum Gasteiger partial charge on any atom is 0.268 e. The smallest absolute Gasteiger partial charge is 0.268 e. The number of nitrogens with zero attached hydrogens (tertiary/aromatic N) is 1. The Morgan fingerprint density at radius 3 is 2.50 bits per heavy atom. The van der Waals surface area contributed by atoms with Gasteiger partial charge in [-0.2, -0.15) is 0 Å². The van der Waals surface area contributed by atoms with Crippen molar-refractivity contribution >= 4 is 27.0 Å². The lowest BCUT2D eigenvalue weighted by molar-refractivity contribution is -0.0548. The number of hydrogen-bond donors (Lipinski definition) is 0. The Balaban J connectivity index is 2.38. The highest BCUT2D eigenvalue weighted by Crippen LogP contribution is 2.36. The fourth-order valence-corrected chi connectivity index (χ4v) is 4.77. The number of methoxy groups -OCH3 is 1. The molecular weight excluding hydrogens is 402 g/mol. The lowest BCUT2D eigenvalue weighted by Gasteiger charge is -2.17. The van der Waals surface area contributed by atoms with Crippen LogP contribution in [-0.4, -0.2) is 32.9 Å². The Bertz CT molecular complexity index is 1170. The van der Waals surface area contributed by atoms with Crippen LogP contribution in [0.2, 0.25) is 0 Å². The van der Waals surface area contributed by atoms with Gasteiger partial charge in [0.1, 0.15) is 6.79 Å². The van der Waals surface area contributed by atoms with E-state index in [-0.39, 0.29) is 11.7 Å². The maximum absolute atomic E-state index is 13.7. The number of benzene rings is 2. The van der Waals surface area contributed by atoms with Crippen molar-refractivity contribution < 1.29 is 22.6 Å². The van der Waals surface area contributed by atoms with Gasteiger partial charge in [0.25, 0.3) is 10.0 Å². The standard InChI is InChI=1S/C23H23NO5S/c1-4-22(29-17-27-3)23-20(15-16-28-5-2)19-13-9-10-14-21(19)24(23)30(25,26)18-11-7-6-8-12-18/h1,6-16,22H,5,17H2,2-3H3/b16-15+. The fourth-order valence-electron chi connectivity index (χ4n) is 3.19. The van der Waals surface area contributed by atoms with Crippen molar-refractivity contribution in [2.24, 2.45) is 0 Å². The molecule has 156 valence electrons. The van der Waals surface area contributed by atoms with Gasteiger partial charge in [-0.3, -0.25) is 0 Å². The first-order chi connectivity index (χ1) is 14.6. The molecule has 0 radical (unpaired) electrons. The third kappa shape index (κ3) is 4.12. The fraction of sp³-hybridized carbons (Fsp3) is 0.217. The first kappa shape index (κ1) is 21.7. The molecule has 3 aromatic rings. The van der Waals surface area contributed by atoms with Gasteiger partial charge < -0.3 is 14.2 Å². The van der Waals surface area contributed by atoms with Crippen molar-refractivity contribution in [3.05, 3.63) is 72.1 Å². The Morgan fingerprint density at radius 1 is 1.13 bits per heavy atom. The zero-order chi connectivity index (χ0) is 21.6. The summed E-state index contributed by atoms with van der Waals surface area (Å²) in [6, 6.07) is 15.4. The van der Waals surface area contributed by atoms with E-state index in [1.54, 1.807) is 48.5 Å². The van der Waals surface area contributed by atoms with Crippen LogP contribution in [0.1, 0.15) is 24.3 Å². The number of ether oxygens (including phenoxy) is 3. The van der Waals surface area contributed by atoms with Gasteiger partial charge in [-0.05, 0) is 31.2 Å². The van der Waals surface area contributed by atoms with E-state index >= 15 is 0 Å². The van der Waals surface area contributed by atoms with Crippen molar-refractivity contribution in [2.45, 2.75) is 17.9 Å². The first-order valence-corrected chi connectivity index (χ1v) is 10.8. The molecule has 2 aromatic carbocycles. The van der Waals surface area contributed by atoms with Crippen molar-refractivity contribution in [3.8, 4) is 12.3 Å². The summed E-state index contributed by atoms with van der Waals surface area (Å²) in [7, 11) is -2.49. The number of hydrogen-bond acceptors (Lipinski definition) is 5. The zero-order valence-corrected chi connectivity index (χ0v) is 17.6. The SMILES string of the molecule is C#CC(OCOC)c1c(/C=C/OCC)c2ccccc2n1S(=O)(=O)c1ccccc1. The molecule has 0 amide bonds. The monoisotopic (exact) mass is 425 g/mol. The third-order valence-electron chi connectivity index (χ3n) is 4.44. The lowest BCUT2D eigenvalue weighted by atomic mass is 10.1. The molecule has 0 aliphatic carbocycles. The molecule has 30 heavy (non-hydrogen) atoms. The van der Waals surface area contributed by atoms with Crippen LogP contribution in [0, 0.1) is 12.3 Å². The minimum Gasteiger partial charge on any atom is -0.501 e. The zero-order valence-electron chi connectivity index (χ0n) is 16.8.